The molecule has 1 fully saturated rings. The van der Waals surface area contributed by atoms with Gasteiger partial charge < -0.3 is 10.8 Å². The van der Waals surface area contributed by atoms with Crippen molar-refractivity contribution in [2.75, 3.05) is 0 Å². The van der Waals surface area contributed by atoms with Gasteiger partial charge in [0.15, 0.2) is 0 Å². The first kappa shape index (κ1) is 12.1. The van der Waals surface area contributed by atoms with Crippen LogP contribution in [-0.4, -0.2) is 10.8 Å². The van der Waals surface area contributed by atoms with Crippen LogP contribution in [0.2, 0.25) is 0 Å². The lowest BCUT2D eigenvalue weighted by molar-refractivity contribution is 0.0167. The van der Waals surface area contributed by atoms with Gasteiger partial charge in [-0.15, -0.1) is 11.3 Å². The second-order valence-corrected chi connectivity index (χ2v) is 6.10. The summed E-state index contributed by atoms with van der Waals surface area (Å²) in [7, 11) is 0. The molecular formula is C13H21NOS. The van der Waals surface area contributed by atoms with Gasteiger partial charge in [-0.1, -0.05) is 38.2 Å². The molecule has 3 heteroatoms. The maximum absolute atomic E-state index is 10.2. The molecular weight excluding hydrogens is 218 g/mol. The second kappa shape index (κ2) is 5.30. The summed E-state index contributed by atoms with van der Waals surface area (Å²) in [6.07, 6.45) is 7.80. The predicted molar refractivity (Wildman–Crippen MR) is 68.4 cm³/mol. The van der Waals surface area contributed by atoms with Gasteiger partial charge in [-0.25, -0.2) is 0 Å². The van der Waals surface area contributed by atoms with Gasteiger partial charge in [0.25, 0.3) is 0 Å². The van der Waals surface area contributed by atoms with E-state index in [-0.39, 0.29) is 0 Å². The standard InChI is InChI=1S/C13H21NOS/c14-13(15,10-12-7-4-8-16-12)9-11-5-2-1-3-6-11/h4,7-8,11,15H,1-3,5-6,9-10,14H2. The highest BCUT2D eigenvalue weighted by Gasteiger charge is 2.27. The average molecular weight is 239 g/mol. The Hall–Kier alpha value is -0.380. The summed E-state index contributed by atoms with van der Waals surface area (Å²) >= 11 is 1.67. The zero-order valence-electron chi connectivity index (χ0n) is 9.69. The Morgan fingerprint density at radius 1 is 1.38 bits per heavy atom. The van der Waals surface area contributed by atoms with Crippen molar-refractivity contribution in [3.8, 4) is 0 Å². The quantitative estimate of drug-likeness (QED) is 0.794. The molecule has 2 nitrogen and oxygen atoms in total. The number of hydrogen-bond acceptors (Lipinski definition) is 3. The highest BCUT2D eigenvalue weighted by atomic mass is 32.1. The Kier molecular flexibility index (Phi) is 4.00. The Balaban J connectivity index is 1.86. The first-order valence-electron chi connectivity index (χ1n) is 6.19. The maximum Gasteiger partial charge on any atom is 0.118 e. The van der Waals surface area contributed by atoms with Crippen LogP contribution in [0, 0.1) is 5.92 Å². The average Bonchev–Trinajstić information content (AvgIpc) is 2.70. The van der Waals surface area contributed by atoms with Crippen LogP contribution in [0.15, 0.2) is 17.5 Å². The van der Waals surface area contributed by atoms with E-state index in [0.717, 1.165) is 6.42 Å². The molecule has 0 saturated heterocycles. The van der Waals surface area contributed by atoms with E-state index in [0.29, 0.717) is 12.3 Å². The third-order valence-corrected chi connectivity index (χ3v) is 4.30. The lowest BCUT2D eigenvalue weighted by Gasteiger charge is -2.30. The van der Waals surface area contributed by atoms with Crippen molar-refractivity contribution in [3.63, 3.8) is 0 Å². The minimum atomic E-state index is -1.01. The summed E-state index contributed by atoms with van der Waals surface area (Å²) in [5.74, 6) is 0.628. The van der Waals surface area contributed by atoms with Crippen molar-refractivity contribution in [2.45, 2.75) is 50.7 Å². The predicted octanol–water partition coefficient (Wildman–Crippen LogP) is 2.91. The number of nitrogens with two attached hydrogens (primary N) is 1. The molecule has 90 valence electrons. The fourth-order valence-electron chi connectivity index (χ4n) is 2.68. The molecule has 1 aliphatic rings. The van der Waals surface area contributed by atoms with Crippen molar-refractivity contribution in [1.82, 2.24) is 0 Å². The first-order valence-corrected chi connectivity index (χ1v) is 7.07. The Labute approximate surface area is 101 Å². The minimum Gasteiger partial charge on any atom is -0.376 e. The van der Waals surface area contributed by atoms with Crippen LogP contribution in [0.25, 0.3) is 0 Å². The largest absolute Gasteiger partial charge is 0.376 e. The summed E-state index contributed by atoms with van der Waals surface area (Å²) in [5, 5.41) is 12.3. The molecule has 1 heterocycles. The highest BCUT2D eigenvalue weighted by Crippen LogP contribution is 2.30. The molecule has 1 aliphatic carbocycles. The molecule has 16 heavy (non-hydrogen) atoms. The molecule has 3 N–H and O–H groups in total. The van der Waals surface area contributed by atoms with Crippen LogP contribution in [0.5, 0.6) is 0 Å². The SMILES string of the molecule is NC(O)(Cc1cccs1)CC1CCCCC1. The summed E-state index contributed by atoms with van der Waals surface area (Å²) in [6.45, 7) is 0. The molecule has 0 aliphatic heterocycles. The van der Waals surface area contributed by atoms with E-state index in [2.05, 4.69) is 0 Å². The number of rotatable bonds is 4. The highest BCUT2D eigenvalue weighted by molar-refractivity contribution is 7.09. The molecule has 0 amide bonds. The van der Waals surface area contributed by atoms with Crippen LogP contribution in [0.3, 0.4) is 0 Å². The number of aliphatic hydroxyl groups is 1. The summed E-state index contributed by atoms with van der Waals surface area (Å²) in [6, 6.07) is 4.06. The van der Waals surface area contributed by atoms with Crippen molar-refractivity contribution in [1.29, 1.82) is 0 Å². The van der Waals surface area contributed by atoms with E-state index in [4.69, 9.17) is 5.73 Å². The zero-order valence-corrected chi connectivity index (χ0v) is 10.5. The van der Waals surface area contributed by atoms with Crippen LogP contribution >= 0.6 is 11.3 Å². The lowest BCUT2D eigenvalue weighted by Crippen LogP contribution is -2.43. The van der Waals surface area contributed by atoms with Gasteiger partial charge >= 0.3 is 0 Å². The Morgan fingerprint density at radius 3 is 2.75 bits per heavy atom. The minimum absolute atomic E-state index is 0.598. The van der Waals surface area contributed by atoms with E-state index >= 15 is 0 Å². The summed E-state index contributed by atoms with van der Waals surface area (Å²) in [4.78, 5) is 1.18. The zero-order chi connectivity index (χ0) is 11.4. The molecule has 1 aromatic heterocycles. The molecule has 1 aromatic rings. The summed E-state index contributed by atoms with van der Waals surface area (Å²) < 4.78 is 0. The third kappa shape index (κ3) is 3.58. The van der Waals surface area contributed by atoms with Gasteiger partial charge in [0, 0.05) is 11.3 Å². The van der Waals surface area contributed by atoms with Crippen molar-refractivity contribution in [2.24, 2.45) is 11.7 Å². The fourth-order valence-corrected chi connectivity index (χ4v) is 3.50. The van der Waals surface area contributed by atoms with Crippen molar-refractivity contribution >= 4 is 11.3 Å². The molecule has 2 rings (SSSR count). The molecule has 0 spiro atoms. The van der Waals surface area contributed by atoms with E-state index in [1.807, 2.05) is 17.5 Å². The molecule has 0 aromatic carbocycles. The van der Waals surface area contributed by atoms with E-state index in [9.17, 15) is 5.11 Å². The molecule has 1 atom stereocenters. The van der Waals surface area contributed by atoms with Crippen LogP contribution in [0.1, 0.15) is 43.4 Å². The van der Waals surface area contributed by atoms with E-state index in [1.54, 1.807) is 11.3 Å². The van der Waals surface area contributed by atoms with Crippen molar-refractivity contribution in [3.05, 3.63) is 22.4 Å². The lowest BCUT2D eigenvalue weighted by atomic mass is 9.83. The van der Waals surface area contributed by atoms with Gasteiger partial charge in [0.2, 0.25) is 0 Å². The topological polar surface area (TPSA) is 46.2 Å². The van der Waals surface area contributed by atoms with Gasteiger partial charge in [-0.05, 0) is 23.8 Å². The molecule has 0 radical (unpaired) electrons. The van der Waals surface area contributed by atoms with Crippen LogP contribution in [-0.2, 0) is 6.42 Å². The molecule has 1 unspecified atom stereocenters. The van der Waals surface area contributed by atoms with Crippen LogP contribution in [0.4, 0.5) is 0 Å². The van der Waals surface area contributed by atoms with Gasteiger partial charge in [0.1, 0.15) is 5.72 Å². The third-order valence-electron chi connectivity index (χ3n) is 3.43. The van der Waals surface area contributed by atoms with E-state index < -0.39 is 5.72 Å². The maximum atomic E-state index is 10.2. The van der Waals surface area contributed by atoms with Crippen molar-refractivity contribution < 1.29 is 5.11 Å². The van der Waals surface area contributed by atoms with Gasteiger partial charge in [-0.2, -0.15) is 0 Å². The van der Waals surface area contributed by atoms with Crippen LogP contribution < -0.4 is 5.73 Å². The van der Waals surface area contributed by atoms with Gasteiger partial charge in [0.05, 0.1) is 0 Å². The Morgan fingerprint density at radius 2 is 2.12 bits per heavy atom. The smallest absolute Gasteiger partial charge is 0.118 e. The first-order chi connectivity index (χ1) is 7.66. The monoisotopic (exact) mass is 239 g/mol. The molecule has 1 saturated carbocycles. The molecule has 0 bridgehead atoms. The van der Waals surface area contributed by atoms with Gasteiger partial charge in [-0.3, -0.25) is 0 Å². The summed E-state index contributed by atoms with van der Waals surface area (Å²) in [5.41, 5.74) is 4.99. The fraction of sp³-hybridized carbons (Fsp3) is 0.692. The number of hydrogen-bond donors (Lipinski definition) is 2. The normalized spacial score (nSPS) is 21.9. The second-order valence-electron chi connectivity index (χ2n) is 5.07. The number of thiophene rings is 1. The Bertz CT molecular complexity index is 302. The van der Waals surface area contributed by atoms with E-state index in [1.165, 1.54) is 37.0 Å².